The van der Waals surface area contributed by atoms with Crippen LogP contribution in [0.4, 0.5) is 11.4 Å². The third-order valence-corrected chi connectivity index (χ3v) is 6.52. The Balaban J connectivity index is 1.55. The summed E-state index contributed by atoms with van der Waals surface area (Å²) < 4.78 is 5.56. The third kappa shape index (κ3) is 6.71. The number of amides is 1. The van der Waals surface area contributed by atoms with Crippen molar-refractivity contribution < 1.29 is 9.53 Å². The molecule has 3 aromatic carbocycles. The number of hydrogen-bond donors (Lipinski definition) is 3. The molecule has 6 heteroatoms. The molecule has 0 spiro atoms. The summed E-state index contributed by atoms with van der Waals surface area (Å²) in [7, 11) is 3.55. The minimum Gasteiger partial charge on any atom is -0.495 e. The molecule has 0 aromatic heterocycles. The molecule has 0 fully saturated rings. The first-order valence-corrected chi connectivity index (χ1v) is 12.9. The molecule has 0 aliphatic carbocycles. The average molecular weight is 509 g/mol. The van der Waals surface area contributed by atoms with Gasteiger partial charge < -0.3 is 20.7 Å². The van der Waals surface area contributed by atoms with Crippen LogP contribution in [0.2, 0.25) is 0 Å². The predicted molar refractivity (Wildman–Crippen MR) is 157 cm³/mol. The molecule has 1 unspecified atom stereocenters. The molecule has 1 aliphatic rings. The summed E-state index contributed by atoms with van der Waals surface area (Å²) in [4.78, 5) is 17.8. The molecule has 0 saturated heterocycles. The number of methoxy groups -OCH3 is 1. The van der Waals surface area contributed by atoms with Crippen LogP contribution in [0.5, 0.6) is 5.75 Å². The highest BCUT2D eigenvalue weighted by atomic mass is 16.5. The molecular formula is C32H36N4O2. The number of carbonyl (C=O) groups is 1. The van der Waals surface area contributed by atoms with Crippen molar-refractivity contribution >= 4 is 23.0 Å². The number of rotatable bonds is 8. The van der Waals surface area contributed by atoms with Crippen molar-refractivity contribution in [3.05, 3.63) is 113 Å². The Hall–Kier alpha value is -4.32. The van der Waals surface area contributed by atoms with Crippen molar-refractivity contribution in [1.29, 1.82) is 0 Å². The summed E-state index contributed by atoms with van der Waals surface area (Å²) in [6, 6.07) is 21.5. The van der Waals surface area contributed by atoms with Crippen LogP contribution in [-0.4, -0.2) is 25.8 Å². The fourth-order valence-corrected chi connectivity index (χ4v) is 4.41. The van der Waals surface area contributed by atoms with Gasteiger partial charge in [0.05, 0.1) is 24.6 Å². The van der Waals surface area contributed by atoms with Crippen molar-refractivity contribution in [1.82, 2.24) is 5.32 Å². The quantitative estimate of drug-likeness (QED) is 0.310. The first-order chi connectivity index (χ1) is 18.4. The highest BCUT2D eigenvalue weighted by Crippen LogP contribution is 2.27. The van der Waals surface area contributed by atoms with E-state index in [4.69, 9.17) is 9.73 Å². The first-order valence-electron chi connectivity index (χ1n) is 12.9. The maximum Gasteiger partial charge on any atom is 0.255 e. The van der Waals surface area contributed by atoms with E-state index in [1.165, 1.54) is 0 Å². The molecule has 4 rings (SSSR count). The summed E-state index contributed by atoms with van der Waals surface area (Å²) in [6.07, 6.45) is 7.33. The van der Waals surface area contributed by atoms with Gasteiger partial charge in [-0.2, -0.15) is 0 Å². The zero-order valence-electron chi connectivity index (χ0n) is 22.7. The van der Waals surface area contributed by atoms with Crippen LogP contribution in [0.25, 0.3) is 0 Å². The normalized spacial score (nSPS) is 19.4. The molecule has 3 N–H and O–H groups in total. The van der Waals surface area contributed by atoms with Gasteiger partial charge in [-0.15, -0.1) is 0 Å². The number of benzene rings is 3. The van der Waals surface area contributed by atoms with E-state index >= 15 is 0 Å². The number of nitrogens with one attached hydrogen (secondary N) is 3. The molecule has 0 saturated carbocycles. The number of allylic oxidation sites excluding steroid dienone is 3. The lowest BCUT2D eigenvalue weighted by atomic mass is 10.0. The maximum atomic E-state index is 12.8. The van der Waals surface area contributed by atoms with Crippen molar-refractivity contribution in [2.75, 3.05) is 24.8 Å². The molecule has 0 radical (unpaired) electrons. The van der Waals surface area contributed by atoms with Crippen molar-refractivity contribution in [2.24, 2.45) is 10.9 Å². The smallest absolute Gasteiger partial charge is 0.255 e. The highest BCUT2D eigenvalue weighted by molar-refractivity contribution is 6.09. The fraction of sp³-hybridized carbons (Fsp3) is 0.250. The Morgan fingerprint density at radius 2 is 1.89 bits per heavy atom. The lowest BCUT2D eigenvalue weighted by molar-refractivity contribution is 0.102. The number of hydrogen-bond acceptors (Lipinski definition) is 5. The largest absolute Gasteiger partial charge is 0.495 e. The van der Waals surface area contributed by atoms with Gasteiger partial charge >= 0.3 is 0 Å². The summed E-state index contributed by atoms with van der Waals surface area (Å²) in [5.41, 5.74) is 6.27. The van der Waals surface area contributed by atoms with Gasteiger partial charge in [0.2, 0.25) is 0 Å². The standard InChI is InChI=1S/C32H36N4O2/c1-21-9-6-12-26(17-21)32(37)35-27-13-8-11-24(19-27)23(3)34-31-18-22(2)10-7-14-28(36-31)25-15-16-29(33-4)30(20-25)38-5/h6-9,11-20,22-23,33-34H,10H2,1-5H3,(H,35,37)/b14-7+,31-18-,36-28+/t22?,23-/m0/s1. The number of aryl methyl sites for hydroxylation is 1. The third-order valence-electron chi connectivity index (χ3n) is 6.52. The Labute approximate surface area is 225 Å². The van der Waals surface area contributed by atoms with E-state index < -0.39 is 0 Å². The van der Waals surface area contributed by atoms with Gasteiger partial charge in [-0.25, -0.2) is 4.99 Å². The number of ether oxygens (including phenoxy) is 1. The lowest BCUT2D eigenvalue weighted by Crippen LogP contribution is -2.20. The van der Waals surface area contributed by atoms with E-state index in [9.17, 15) is 4.79 Å². The van der Waals surface area contributed by atoms with E-state index in [0.29, 0.717) is 11.5 Å². The maximum absolute atomic E-state index is 12.8. The summed E-state index contributed by atoms with van der Waals surface area (Å²) >= 11 is 0. The average Bonchev–Trinajstić information content (AvgIpc) is 2.91. The van der Waals surface area contributed by atoms with Gasteiger partial charge in [-0.1, -0.05) is 48.9 Å². The van der Waals surface area contributed by atoms with E-state index in [1.54, 1.807) is 7.11 Å². The number of nitrogens with zero attached hydrogens (tertiary/aromatic N) is 1. The molecule has 1 aliphatic heterocycles. The first kappa shape index (κ1) is 26.7. The van der Waals surface area contributed by atoms with E-state index in [-0.39, 0.29) is 11.9 Å². The number of anilines is 2. The molecule has 1 heterocycles. The second kappa shape index (κ2) is 12.3. The zero-order valence-corrected chi connectivity index (χ0v) is 22.7. The van der Waals surface area contributed by atoms with Gasteiger partial charge in [0.15, 0.2) is 0 Å². The Kier molecular flexibility index (Phi) is 8.64. The summed E-state index contributed by atoms with van der Waals surface area (Å²) in [5.74, 6) is 1.80. The van der Waals surface area contributed by atoms with E-state index in [1.807, 2.05) is 74.6 Å². The molecular weight excluding hydrogens is 472 g/mol. The zero-order chi connectivity index (χ0) is 27.1. The van der Waals surface area contributed by atoms with Crippen LogP contribution in [0.3, 0.4) is 0 Å². The van der Waals surface area contributed by atoms with Gasteiger partial charge in [-0.05, 0) is 80.3 Å². The second-order valence-electron chi connectivity index (χ2n) is 9.64. The highest BCUT2D eigenvalue weighted by Gasteiger charge is 2.14. The molecule has 0 bridgehead atoms. The van der Waals surface area contributed by atoms with Crippen LogP contribution in [0.15, 0.2) is 95.8 Å². The van der Waals surface area contributed by atoms with Crippen LogP contribution >= 0.6 is 0 Å². The monoisotopic (exact) mass is 508 g/mol. The Morgan fingerprint density at radius 3 is 2.66 bits per heavy atom. The Morgan fingerprint density at radius 1 is 1.08 bits per heavy atom. The molecule has 6 nitrogen and oxygen atoms in total. The van der Waals surface area contributed by atoms with Gasteiger partial charge in [0, 0.05) is 23.9 Å². The van der Waals surface area contributed by atoms with Crippen molar-refractivity contribution in [2.45, 2.75) is 33.2 Å². The van der Waals surface area contributed by atoms with Gasteiger partial charge in [0.25, 0.3) is 5.91 Å². The molecule has 2 atom stereocenters. The van der Waals surface area contributed by atoms with Crippen molar-refractivity contribution in [3.8, 4) is 5.75 Å². The molecule has 1 amide bonds. The fourth-order valence-electron chi connectivity index (χ4n) is 4.41. The van der Waals surface area contributed by atoms with Gasteiger partial charge in [-0.3, -0.25) is 4.79 Å². The minimum absolute atomic E-state index is 0.0288. The second-order valence-corrected chi connectivity index (χ2v) is 9.64. The molecule has 38 heavy (non-hydrogen) atoms. The molecule has 196 valence electrons. The predicted octanol–water partition coefficient (Wildman–Crippen LogP) is 6.87. The van der Waals surface area contributed by atoms with Crippen molar-refractivity contribution in [3.63, 3.8) is 0 Å². The van der Waals surface area contributed by atoms with Crippen LogP contribution in [0.1, 0.15) is 53.4 Å². The van der Waals surface area contributed by atoms with Crippen LogP contribution in [0, 0.1) is 12.8 Å². The van der Waals surface area contributed by atoms with Crippen LogP contribution < -0.4 is 20.7 Å². The Bertz CT molecular complexity index is 1390. The summed E-state index contributed by atoms with van der Waals surface area (Å²) in [6.45, 7) is 6.26. The number of aliphatic imine (C=N–C) groups is 1. The number of carbonyl (C=O) groups excluding carboxylic acids is 1. The summed E-state index contributed by atoms with van der Waals surface area (Å²) in [5, 5.41) is 9.76. The van der Waals surface area contributed by atoms with Crippen LogP contribution in [-0.2, 0) is 0 Å². The lowest BCUT2D eigenvalue weighted by Gasteiger charge is -2.20. The molecule has 3 aromatic rings. The topological polar surface area (TPSA) is 74.8 Å². The van der Waals surface area contributed by atoms with E-state index in [0.717, 1.165) is 51.8 Å². The minimum atomic E-state index is -0.122. The van der Waals surface area contributed by atoms with E-state index in [2.05, 4.69) is 54.1 Å². The SMILES string of the molecule is CNc1ccc(C2=N/C(N[C@@H](C)c3cccc(NC(=O)c4cccc(C)c4)c3)=C\C(C)C\C=C\2)cc1OC. The van der Waals surface area contributed by atoms with Gasteiger partial charge in [0.1, 0.15) is 11.6 Å².